The molecule has 22 heavy (non-hydrogen) atoms. The minimum atomic E-state index is -0.745. The highest BCUT2D eigenvalue weighted by atomic mass is 16.4. The summed E-state index contributed by atoms with van der Waals surface area (Å²) in [6.07, 6.45) is 7.45. The fraction of sp³-hybridized carbons (Fsp3) is 0.889. The van der Waals surface area contributed by atoms with E-state index in [0.717, 1.165) is 44.9 Å². The first-order valence-corrected chi connectivity index (χ1v) is 8.95. The summed E-state index contributed by atoms with van der Waals surface area (Å²) in [6.45, 7) is 4.37. The summed E-state index contributed by atoms with van der Waals surface area (Å²) < 4.78 is 0. The number of carbonyl (C=O) groups is 2. The quantitative estimate of drug-likeness (QED) is 0.776. The van der Waals surface area contributed by atoms with E-state index in [1.807, 2.05) is 0 Å². The summed E-state index contributed by atoms with van der Waals surface area (Å²) in [4.78, 5) is 23.1. The van der Waals surface area contributed by atoms with E-state index in [4.69, 9.17) is 0 Å². The molecule has 6 unspecified atom stereocenters. The number of hydrogen-bond donors (Lipinski definition) is 2. The van der Waals surface area contributed by atoms with Gasteiger partial charge in [0.2, 0.25) is 0 Å². The Hall–Kier alpha value is -1.06. The predicted molar refractivity (Wildman–Crippen MR) is 84.5 cm³/mol. The largest absolute Gasteiger partial charge is 0.481 e. The lowest BCUT2D eigenvalue weighted by Crippen LogP contribution is -2.46. The Kier molecular flexibility index (Phi) is 5.87. The van der Waals surface area contributed by atoms with Crippen molar-refractivity contribution in [2.24, 2.45) is 35.5 Å². The monoisotopic (exact) mass is 310 g/mol. The van der Waals surface area contributed by atoms with Crippen molar-refractivity contribution in [1.29, 1.82) is 0 Å². The fourth-order valence-corrected chi connectivity index (χ4v) is 5.24. The maximum absolute atomic E-state index is 11.8. The molecule has 0 bridgehead atoms. The molecule has 0 saturated heterocycles. The van der Waals surface area contributed by atoms with Crippen molar-refractivity contribution in [2.45, 2.75) is 65.2 Å². The lowest BCUT2D eigenvalue weighted by molar-refractivity contribution is -0.156. The van der Waals surface area contributed by atoms with Crippen LogP contribution in [0.4, 0.5) is 0 Å². The van der Waals surface area contributed by atoms with Gasteiger partial charge in [0.1, 0.15) is 0 Å². The third-order valence-electron chi connectivity index (χ3n) is 6.13. The van der Waals surface area contributed by atoms with Gasteiger partial charge in [-0.1, -0.05) is 39.5 Å². The lowest BCUT2D eigenvalue weighted by Gasteiger charge is -2.50. The second kappa shape index (κ2) is 7.47. The molecular weight excluding hydrogens is 280 g/mol. The van der Waals surface area contributed by atoms with Crippen LogP contribution in [0.15, 0.2) is 0 Å². The number of rotatable bonds is 6. The maximum Gasteiger partial charge on any atom is 0.306 e. The van der Waals surface area contributed by atoms with Crippen LogP contribution in [0.25, 0.3) is 0 Å². The molecule has 2 aliphatic rings. The Morgan fingerprint density at radius 3 is 2.14 bits per heavy atom. The Bertz CT molecular complexity index is 406. The van der Waals surface area contributed by atoms with Crippen molar-refractivity contribution < 1.29 is 19.8 Å². The van der Waals surface area contributed by atoms with Crippen LogP contribution < -0.4 is 0 Å². The molecular formula is C18H30O4. The van der Waals surface area contributed by atoms with Crippen LogP contribution in [0, 0.1) is 35.5 Å². The SMILES string of the molecule is CCCC1CC(C(=O)O)C2CC(C(=O)O)CCC2C1CCC. The number of hydrogen-bond acceptors (Lipinski definition) is 2. The summed E-state index contributed by atoms with van der Waals surface area (Å²) in [7, 11) is 0. The Balaban J connectivity index is 2.23. The van der Waals surface area contributed by atoms with Gasteiger partial charge in [0.05, 0.1) is 11.8 Å². The van der Waals surface area contributed by atoms with Gasteiger partial charge in [-0.05, 0) is 49.4 Å². The number of carboxylic acids is 2. The maximum atomic E-state index is 11.8. The average molecular weight is 310 g/mol. The normalized spacial score (nSPS) is 38.3. The molecule has 0 aromatic carbocycles. The van der Waals surface area contributed by atoms with Crippen LogP contribution in [0.5, 0.6) is 0 Å². The molecule has 0 aromatic heterocycles. The molecule has 6 atom stereocenters. The first kappa shape index (κ1) is 17.3. The van der Waals surface area contributed by atoms with Gasteiger partial charge in [0.25, 0.3) is 0 Å². The molecule has 0 aromatic rings. The molecule has 0 heterocycles. The van der Waals surface area contributed by atoms with Crippen LogP contribution in [-0.4, -0.2) is 22.2 Å². The topological polar surface area (TPSA) is 74.6 Å². The Labute approximate surface area is 133 Å². The zero-order valence-corrected chi connectivity index (χ0v) is 13.8. The molecule has 4 nitrogen and oxygen atoms in total. The van der Waals surface area contributed by atoms with Crippen molar-refractivity contribution >= 4 is 11.9 Å². The highest BCUT2D eigenvalue weighted by Crippen LogP contribution is 2.53. The number of carboxylic acid groups (broad SMARTS) is 2. The van der Waals surface area contributed by atoms with Crippen molar-refractivity contribution in [3.63, 3.8) is 0 Å². The molecule has 2 saturated carbocycles. The third kappa shape index (κ3) is 3.47. The van der Waals surface area contributed by atoms with Crippen LogP contribution in [0.2, 0.25) is 0 Å². The van der Waals surface area contributed by atoms with Gasteiger partial charge >= 0.3 is 11.9 Å². The van der Waals surface area contributed by atoms with Crippen molar-refractivity contribution in [3.05, 3.63) is 0 Å². The molecule has 4 heteroatoms. The van der Waals surface area contributed by atoms with Crippen LogP contribution in [-0.2, 0) is 9.59 Å². The zero-order valence-electron chi connectivity index (χ0n) is 13.8. The Morgan fingerprint density at radius 2 is 1.59 bits per heavy atom. The number of fused-ring (bicyclic) bond motifs is 1. The van der Waals surface area contributed by atoms with E-state index in [1.54, 1.807) is 0 Å². The van der Waals surface area contributed by atoms with Crippen molar-refractivity contribution in [1.82, 2.24) is 0 Å². The van der Waals surface area contributed by atoms with E-state index < -0.39 is 11.9 Å². The second-order valence-electron chi connectivity index (χ2n) is 7.36. The predicted octanol–water partition coefficient (Wildman–Crippen LogP) is 4.04. The smallest absolute Gasteiger partial charge is 0.306 e. The summed E-state index contributed by atoms with van der Waals surface area (Å²) >= 11 is 0. The molecule has 126 valence electrons. The molecule has 0 amide bonds. The standard InChI is InChI=1S/C18H30O4/c1-3-5-11-9-16(18(21)22)15-10-12(17(19)20)7-8-14(15)13(11)6-4-2/h11-16H,3-10H2,1-2H3,(H,19,20)(H,21,22). The third-order valence-corrected chi connectivity index (χ3v) is 6.13. The molecule has 2 fully saturated rings. The van der Waals surface area contributed by atoms with Crippen LogP contribution >= 0.6 is 0 Å². The van der Waals surface area contributed by atoms with E-state index in [-0.39, 0.29) is 17.8 Å². The van der Waals surface area contributed by atoms with Gasteiger partial charge in [-0.15, -0.1) is 0 Å². The van der Waals surface area contributed by atoms with Gasteiger partial charge in [-0.25, -0.2) is 0 Å². The second-order valence-corrected chi connectivity index (χ2v) is 7.36. The molecule has 0 aliphatic heterocycles. The van der Waals surface area contributed by atoms with Gasteiger partial charge in [0.15, 0.2) is 0 Å². The van der Waals surface area contributed by atoms with Crippen molar-refractivity contribution in [2.75, 3.05) is 0 Å². The minimum absolute atomic E-state index is 0.0667. The Morgan fingerprint density at radius 1 is 0.909 bits per heavy atom. The summed E-state index contributed by atoms with van der Waals surface area (Å²) in [5.74, 6) is -0.541. The highest BCUT2D eigenvalue weighted by Gasteiger charge is 2.49. The van der Waals surface area contributed by atoms with Gasteiger partial charge in [-0.2, -0.15) is 0 Å². The first-order chi connectivity index (χ1) is 10.5. The molecule has 0 spiro atoms. The van der Waals surface area contributed by atoms with E-state index in [0.29, 0.717) is 24.2 Å². The average Bonchev–Trinajstić information content (AvgIpc) is 2.48. The van der Waals surface area contributed by atoms with Crippen LogP contribution in [0.1, 0.15) is 65.2 Å². The summed E-state index contributed by atoms with van der Waals surface area (Å²) in [6, 6.07) is 0. The molecule has 2 rings (SSSR count). The van der Waals surface area contributed by atoms with Crippen molar-refractivity contribution in [3.8, 4) is 0 Å². The molecule has 2 aliphatic carbocycles. The number of aliphatic carboxylic acids is 2. The molecule has 0 radical (unpaired) electrons. The van der Waals surface area contributed by atoms with E-state index >= 15 is 0 Å². The van der Waals surface area contributed by atoms with E-state index in [2.05, 4.69) is 13.8 Å². The highest BCUT2D eigenvalue weighted by molar-refractivity contribution is 5.72. The van der Waals surface area contributed by atoms with E-state index in [9.17, 15) is 19.8 Å². The van der Waals surface area contributed by atoms with E-state index in [1.165, 1.54) is 0 Å². The summed E-state index contributed by atoms with van der Waals surface area (Å²) in [5, 5.41) is 19.0. The van der Waals surface area contributed by atoms with Gasteiger partial charge < -0.3 is 10.2 Å². The lowest BCUT2D eigenvalue weighted by atomic mass is 9.54. The minimum Gasteiger partial charge on any atom is -0.481 e. The first-order valence-electron chi connectivity index (χ1n) is 8.95. The van der Waals surface area contributed by atoms with Gasteiger partial charge in [0, 0.05) is 0 Å². The molecule has 2 N–H and O–H groups in total. The van der Waals surface area contributed by atoms with Crippen LogP contribution in [0.3, 0.4) is 0 Å². The summed E-state index contributed by atoms with van der Waals surface area (Å²) in [5.41, 5.74) is 0. The van der Waals surface area contributed by atoms with Gasteiger partial charge in [-0.3, -0.25) is 9.59 Å². The zero-order chi connectivity index (χ0) is 16.3. The fourth-order valence-electron chi connectivity index (χ4n) is 5.24.